The maximum Gasteiger partial charge on any atom is 0.264 e. The Morgan fingerprint density at radius 2 is 1.74 bits per heavy atom. The third kappa shape index (κ3) is 5.95. The fraction of sp³-hybridized carbons (Fsp3) is 0.316. The summed E-state index contributed by atoms with van der Waals surface area (Å²) in [7, 11) is -2.34. The van der Waals surface area contributed by atoms with Gasteiger partial charge in [0.15, 0.2) is 0 Å². The van der Waals surface area contributed by atoms with Crippen LogP contribution in [0.25, 0.3) is 0 Å². The highest BCUT2D eigenvalue weighted by atomic mass is 35.5. The number of anilines is 1. The van der Waals surface area contributed by atoms with E-state index in [1.165, 1.54) is 24.3 Å². The molecule has 2 aromatic carbocycles. The predicted molar refractivity (Wildman–Crippen MR) is 107 cm³/mol. The summed E-state index contributed by atoms with van der Waals surface area (Å²) in [5, 5.41) is 3.15. The minimum Gasteiger partial charge on any atom is -0.385 e. The van der Waals surface area contributed by atoms with E-state index < -0.39 is 10.0 Å². The zero-order chi connectivity index (χ0) is 19.9. The van der Waals surface area contributed by atoms with Crippen molar-refractivity contribution in [1.82, 2.24) is 5.32 Å². The number of amides is 1. The van der Waals surface area contributed by atoms with Crippen molar-refractivity contribution in [3.05, 3.63) is 59.1 Å². The number of nitrogens with one attached hydrogen (secondary N) is 1. The van der Waals surface area contributed by atoms with E-state index in [0.717, 1.165) is 9.87 Å². The van der Waals surface area contributed by atoms with Gasteiger partial charge in [-0.3, -0.25) is 9.10 Å². The lowest BCUT2D eigenvalue weighted by atomic mass is 10.2. The van der Waals surface area contributed by atoms with Gasteiger partial charge in [-0.15, -0.1) is 0 Å². The van der Waals surface area contributed by atoms with Gasteiger partial charge in [-0.2, -0.15) is 0 Å². The van der Waals surface area contributed by atoms with E-state index >= 15 is 0 Å². The number of rotatable bonds is 9. The number of methoxy groups -OCH3 is 1. The molecule has 1 N–H and O–H groups in total. The van der Waals surface area contributed by atoms with E-state index in [1.807, 2.05) is 6.92 Å². The molecule has 146 valence electrons. The number of hydrogen-bond acceptors (Lipinski definition) is 4. The van der Waals surface area contributed by atoms with Crippen molar-refractivity contribution < 1.29 is 17.9 Å². The summed E-state index contributed by atoms with van der Waals surface area (Å²) in [6, 6.07) is 12.8. The SMILES string of the molecule is COCCCNC(=O)CN(c1ccc(C)cc1)S(=O)(=O)c1ccc(Cl)cc1. The summed E-state index contributed by atoms with van der Waals surface area (Å²) < 4.78 is 32.3. The molecule has 6 nitrogen and oxygen atoms in total. The third-order valence-corrected chi connectivity index (χ3v) is 5.90. The number of halogens is 1. The van der Waals surface area contributed by atoms with Gasteiger partial charge in [0, 0.05) is 25.3 Å². The Balaban J connectivity index is 2.28. The fourth-order valence-corrected chi connectivity index (χ4v) is 3.94. The molecule has 0 atom stereocenters. The molecule has 0 aliphatic heterocycles. The molecule has 0 unspecified atom stereocenters. The second-order valence-corrected chi connectivity index (χ2v) is 8.30. The van der Waals surface area contributed by atoms with Crippen LogP contribution in [0, 0.1) is 6.92 Å². The van der Waals surface area contributed by atoms with Crippen molar-refractivity contribution in [1.29, 1.82) is 0 Å². The van der Waals surface area contributed by atoms with Crippen LogP contribution in [0.15, 0.2) is 53.4 Å². The van der Waals surface area contributed by atoms with Crippen LogP contribution < -0.4 is 9.62 Å². The lowest BCUT2D eigenvalue weighted by Gasteiger charge is -2.24. The molecule has 2 rings (SSSR count). The molecule has 1 amide bonds. The quantitative estimate of drug-likeness (QED) is 0.645. The summed E-state index contributed by atoms with van der Waals surface area (Å²) in [5.41, 5.74) is 1.41. The van der Waals surface area contributed by atoms with E-state index in [0.29, 0.717) is 30.3 Å². The largest absolute Gasteiger partial charge is 0.385 e. The minimum absolute atomic E-state index is 0.0691. The van der Waals surface area contributed by atoms with Crippen LogP contribution in [0.1, 0.15) is 12.0 Å². The summed E-state index contributed by atoms with van der Waals surface area (Å²) in [5.74, 6) is -0.385. The third-order valence-electron chi connectivity index (χ3n) is 3.86. The molecule has 27 heavy (non-hydrogen) atoms. The molecule has 0 aromatic heterocycles. The van der Waals surface area contributed by atoms with Gasteiger partial charge >= 0.3 is 0 Å². The van der Waals surface area contributed by atoms with Gasteiger partial charge in [-0.05, 0) is 49.7 Å². The first-order valence-electron chi connectivity index (χ1n) is 8.45. The fourth-order valence-electron chi connectivity index (χ4n) is 2.39. The smallest absolute Gasteiger partial charge is 0.264 e. The molecule has 0 aliphatic rings. The molecule has 0 aliphatic carbocycles. The first-order valence-corrected chi connectivity index (χ1v) is 10.3. The van der Waals surface area contributed by atoms with Crippen molar-refractivity contribution in [3.63, 3.8) is 0 Å². The molecule has 0 spiro atoms. The molecule has 0 radical (unpaired) electrons. The van der Waals surface area contributed by atoms with Crippen LogP contribution in [0.4, 0.5) is 5.69 Å². The highest BCUT2D eigenvalue weighted by molar-refractivity contribution is 7.92. The van der Waals surface area contributed by atoms with Gasteiger partial charge in [-0.1, -0.05) is 29.3 Å². The van der Waals surface area contributed by atoms with Gasteiger partial charge in [0.2, 0.25) is 5.91 Å². The average molecular weight is 411 g/mol. The Morgan fingerprint density at radius 1 is 1.11 bits per heavy atom. The first-order chi connectivity index (χ1) is 12.8. The van der Waals surface area contributed by atoms with Crippen molar-refractivity contribution in [3.8, 4) is 0 Å². The van der Waals surface area contributed by atoms with Crippen LogP contribution in [0.2, 0.25) is 5.02 Å². The zero-order valence-electron chi connectivity index (χ0n) is 15.3. The molecule has 0 saturated heterocycles. The highest BCUT2D eigenvalue weighted by Crippen LogP contribution is 2.25. The van der Waals surface area contributed by atoms with E-state index in [4.69, 9.17) is 16.3 Å². The number of benzene rings is 2. The Kier molecular flexibility index (Phi) is 7.65. The van der Waals surface area contributed by atoms with Crippen molar-refractivity contribution in [2.75, 3.05) is 31.1 Å². The monoisotopic (exact) mass is 410 g/mol. The lowest BCUT2D eigenvalue weighted by molar-refractivity contribution is -0.119. The van der Waals surface area contributed by atoms with Crippen molar-refractivity contribution in [2.45, 2.75) is 18.2 Å². The molecular formula is C19H23ClN2O4S. The second kappa shape index (κ2) is 9.73. The van der Waals surface area contributed by atoms with Gasteiger partial charge in [0.25, 0.3) is 10.0 Å². The molecule has 8 heteroatoms. The predicted octanol–water partition coefficient (Wildman–Crippen LogP) is 3.00. The van der Waals surface area contributed by atoms with Crippen LogP contribution in [0.5, 0.6) is 0 Å². The van der Waals surface area contributed by atoms with Gasteiger partial charge in [-0.25, -0.2) is 8.42 Å². The highest BCUT2D eigenvalue weighted by Gasteiger charge is 2.27. The number of carbonyl (C=O) groups is 1. The molecule has 2 aromatic rings. The van der Waals surface area contributed by atoms with E-state index in [1.54, 1.807) is 31.4 Å². The van der Waals surface area contributed by atoms with E-state index in [2.05, 4.69) is 5.32 Å². The van der Waals surface area contributed by atoms with E-state index in [-0.39, 0.29) is 17.3 Å². The van der Waals surface area contributed by atoms with Gasteiger partial charge in [0.1, 0.15) is 6.54 Å². The second-order valence-electron chi connectivity index (χ2n) is 6.00. The first kappa shape index (κ1) is 21.2. The van der Waals surface area contributed by atoms with Gasteiger partial charge < -0.3 is 10.1 Å². The van der Waals surface area contributed by atoms with Crippen LogP contribution in [-0.4, -0.2) is 41.1 Å². The van der Waals surface area contributed by atoms with Crippen LogP contribution in [-0.2, 0) is 19.6 Å². The molecule has 0 fully saturated rings. The van der Waals surface area contributed by atoms with Crippen molar-refractivity contribution >= 4 is 33.2 Å². The topological polar surface area (TPSA) is 75.7 Å². The minimum atomic E-state index is -3.92. The van der Waals surface area contributed by atoms with Gasteiger partial charge in [0.05, 0.1) is 10.6 Å². The summed E-state index contributed by atoms with van der Waals surface area (Å²) in [6.45, 7) is 2.52. The summed E-state index contributed by atoms with van der Waals surface area (Å²) in [6.07, 6.45) is 0.650. The summed E-state index contributed by atoms with van der Waals surface area (Å²) in [4.78, 5) is 12.4. The Labute approximate surface area is 165 Å². The molecule has 0 heterocycles. The number of sulfonamides is 1. The number of ether oxygens (including phenoxy) is 1. The number of aryl methyl sites for hydroxylation is 1. The zero-order valence-corrected chi connectivity index (χ0v) is 16.9. The van der Waals surface area contributed by atoms with Crippen molar-refractivity contribution in [2.24, 2.45) is 0 Å². The number of nitrogens with zero attached hydrogens (tertiary/aromatic N) is 1. The molecule has 0 bridgehead atoms. The van der Waals surface area contributed by atoms with Crippen LogP contribution in [0.3, 0.4) is 0 Å². The number of carbonyl (C=O) groups excluding carboxylic acids is 1. The Hall–Kier alpha value is -2.09. The van der Waals surface area contributed by atoms with Crippen LogP contribution >= 0.6 is 11.6 Å². The Morgan fingerprint density at radius 3 is 2.33 bits per heavy atom. The summed E-state index contributed by atoms with van der Waals surface area (Å²) >= 11 is 5.86. The number of hydrogen-bond donors (Lipinski definition) is 1. The average Bonchev–Trinajstić information content (AvgIpc) is 2.64. The maximum absolute atomic E-state index is 13.1. The van der Waals surface area contributed by atoms with E-state index in [9.17, 15) is 13.2 Å². The maximum atomic E-state index is 13.1. The molecule has 0 saturated carbocycles. The molecular weight excluding hydrogens is 388 g/mol. The standard InChI is InChI=1S/C19H23ClN2O4S/c1-15-4-8-17(9-5-15)22(14-19(23)21-12-3-13-26-2)27(24,25)18-10-6-16(20)7-11-18/h4-11H,3,12-14H2,1-2H3,(H,21,23). The lowest BCUT2D eigenvalue weighted by Crippen LogP contribution is -2.41. The normalized spacial score (nSPS) is 11.2. The Bertz CT molecular complexity index is 852.